The first-order valence-electron chi connectivity index (χ1n) is 13.5. The van der Waals surface area contributed by atoms with E-state index in [-0.39, 0.29) is 35.3 Å². The number of anilines is 1. The molecule has 208 valence electrons. The molecule has 2 aromatic heterocycles. The van der Waals surface area contributed by atoms with E-state index < -0.39 is 0 Å². The highest BCUT2D eigenvalue weighted by Crippen LogP contribution is 2.35. The number of aromatic nitrogens is 2. The Balaban J connectivity index is 0.000000461. The number of halogens is 2. The molecule has 1 saturated heterocycles. The minimum Gasteiger partial charge on any atom is -0.362 e. The number of rotatable bonds is 4. The molecule has 8 heteroatoms. The summed E-state index contributed by atoms with van der Waals surface area (Å²) in [5, 5.41) is 0. The van der Waals surface area contributed by atoms with E-state index in [0.29, 0.717) is 17.3 Å². The van der Waals surface area contributed by atoms with Gasteiger partial charge >= 0.3 is 0 Å². The van der Waals surface area contributed by atoms with Crippen molar-refractivity contribution < 1.29 is 8.78 Å². The standard InChI is InChI=1S/C26H30FN5O.C6H5F/c1-16(2)23-15-31(18(4)19-7-9-20(27)10-8-19)17(3)14-32(23)22-13-25(33)30(6)21-11-12-24(28-5)29-26(21)22;7-6-4-2-1-3-5-6/h7-13,16-18,23H,14-15H2,1-4,6H3;1-5H/t17-,18?,23+;/m0./s1. The van der Waals surface area contributed by atoms with E-state index in [1.54, 1.807) is 48.0 Å². The Hall–Kier alpha value is -4.09. The number of pyridine rings is 2. The number of nitrogens with zero attached hydrogens (tertiary/aromatic N) is 5. The Bertz CT molecular complexity index is 1550. The third-order valence-corrected chi connectivity index (χ3v) is 7.66. The smallest absolute Gasteiger partial charge is 0.270 e. The maximum absolute atomic E-state index is 13.4. The first-order valence-corrected chi connectivity index (χ1v) is 13.5. The monoisotopic (exact) mass is 543 g/mol. The number of hydrogen-bond acceptors (Lipinski definition) is 4. The molecular weight excluding hydrogens is 508 g/mol. The van der Waals surface area contributed by atoms with Gasteiger partial charge in [-0.25, -0.2) is 8.78 Å². The van der Waals surface area contributed by atoms with Crippen molar-refractivity contribution in [1.29, 1.82) is 0 Å². The lowest BCUT2D eigenvalue weighted by molar-refractivity contribution is 0.103. The van der Waals surface area contributed by atoms with Gasteiger partial charge in [0.25, 0.3) is 11.4 Å². The van der Waals surface area contributed by atoms with Gasteiger partial charge in [-0.2, -0.15) is 0 Å². The van der Waals surface area contributed by atoms with Crippen LogP contribution in [-0.2, 0) is 7.05 Å². The van der Waals surface area contributed by atoms with Gasteiger partial charge in [-0.15, -0.1) is 4.98 Å². The van der Waals surface area contributed by atoms with E-state index in [4.69, 9.17) is 6.57 Å². The highest BCUT2D eigenvalue weighted by atomic mass is 19.1. The molecule has 0 amide bonds. The van der Waals surface area contributed by atoms with E-state index >= 15 is 0 Å². The minimum absolute atomic E-state index is 0.0906. The van der Waals surface area contributed by atoms with E-state index in [2.05, 4.69) is 47.3 Å². The van der Waals surface area contributed by atoms with Crippen LogP contribution in [0.25, 0.3) is 15.9 Å². The van der Waals surface area contributed by atoms with Crippen molar-refractivity contribution in [2.45, 2.75) is 45.8 Å². The molecule has 0 aliphatic carbocycles. The molecule has 3 heterocycles. The van der Waals surface area contributed by atoms with Gasteiger partial charge in [0.15, 0.2) is 0 Å². The summed E-state index contributed by atoms with van der Waals surface area (Å²) in [4.78, 5) is 25.7. The molecule has 6 nitrogen and oxygen atoms in total. The zero-order chi connectivity index (χ0) is 29.0. The van der Waals surface area contributed by atoms with Gasteiger partial charge < -0.3 is 14.3 Å². The first-order chi connectivity index (χ1) is 19.1. The molecule has 1 unspecified atom stereocenters. The van der Waals surface area contributed by atoms with Crippen molar-refractivity contribution in [3.63, 3.8) is 0 Å². The number of hydrogen-bond donors (Lipinski definition) is 0. The van der Waals surface area contributed by atoms with E-state index in [1.807, 2.05) is 12.1 Å². The first kappa shape index (κ1) is 28.9. The number of fused-ring (bicyclic) bond motifs is 1. The molecule has 1 fully saturated rings. The zero-order valence-corrected chi connectivity index (χ0v) is 23.6. The zero-order valence-electron chi connectivity index (χ0n) is 23.6. The molecule has 1 aliphatic rings. The van der Waals surface area contributed by atoms with Crippen molar-refractivity contribution in [3.05, 3.63) is 112 Å². The second-order valence-corrected chi connectivity index (χ2v) is 10.6. The molecule has 3 atom stereocenters. The SMILES string of the molecule is Fc1ccccc1.[C-]#[N+]c1ccc2c(n1)c(N1C[C@H](C)N(C(C)c3ccc(F)cc3)C[C@@H]1C(C)C)cc(=O)n2C. The van der Waals surface area contributed by atoms with Gasteiger partial charge in [0, 0.05) is 44.3 Å². The largest absolute Gasteiger partial charge is 0.362 e. The van der Waals surface area contributed by atoms with Crippen LogP contribution in [0.15, 0.2) is 77.6 Å². The topological polar surface area (TPSA) is 45.7 Å². The van der Waals surface area contributed by atoms with E-state index in [9.17, 15) is 13.6 Å². The minimum atomic E-state index is -0.229. The predicted molar refractivity (Wildman–Crippen MR) is 157 cm³/mol. The molecule has 0 spiro atoms. The van der Waals surface area contributed by atoms with Gasteiger partial charge in [-0.3, -0.25) is 9.69 Å². The van der Waals surface area contributed by atoms with E-state index in [1.165, 1.54) is 24.3 Å². The Kier molecular flexibility index (Phi) is 8.96. The molecule has 0 bridgehead atoms. The van der Waals surface area contributed by atoms with Crippen LogP contribution in [0.2, 0.25) is 0 Å². The third-order valence-electron chi connectivity index (χ3n) is 7.66. The Morgan fingerprint density at radius 2 is 1.60 bits per heavy atom. The fourth-order valence-electron chi connectivity index (χ4n) is 5.34. The molecule has 0 radical (unpaired) electrons. The van der Waals surface area contributed by atoms with Crippen molar-refractivity contribution in [1.82, 2.24) is 14.5 Å². The summed E-state index contributed by atoms with van der Waals surface area (Å²) in [6.07, 6.45) is 0. The summed E-state index contributed by atoms with van der Waals surface area (Å²) in [5.74, 6) is 0.235. The van der Waals surface area contributed by atoms with Crippen LogP contribution in [0, 0.1) is 24.1 Å². The van der Waals surface area contributed by atoms with Crippen molar-refractivity contribution in [2.75, 3.05) is 18.0 Å². The quantitative estimate of drug-likeness (QED) is 0.267. The normalized spacial score (nSPS) is 18.2. The Morgan fingerprint density at radius 1 is 0.950 bits per heavy atom. The maximum Gasteiger partial charge on any atom is 0.270 e. The van der Waals surface area contributed by atoms with Crippen molar-refractivity contribution in [2.24, 2.45) is 13.0 Å². The van der Waals surface area contributed by atoms with Crippen LogP contribution >= 0.6 is 0 Å². The van der Waals surface area contributed by atoms with Crippen LogP contribution in [-0.4, -0.2) is 39.6 Å². The van der Waals surface area contributed by atoms with Gasteiger partial charge in [0.1, 0.15) is 11.6 Å². The van der Waals surface area contributed by atoms with Gasteiger partial charge in [0.05, 0.1) is 11.2 Å². The van der Waals surface area contributed by atoms with Crippen LogP contribution in [0.4, 0.5) is 20.3 Å². The van der Waals surface area contributed by atoms with Gasteiger partial charge in [0.2, 0.25) is 5.52 Å². The lowest BCUT2D eigenvalue weighted by atomic mass is 9.93. The predicted octanol–water partition coefficient (Wildman–Crippen LogP) is 6.75. The fraction of sp³-hybridized carbons (Fsp3) is 0.344. The number of aryl methyl sites for hydroxylation is 1. The van der Waals surface area contributed by atoms with Crippen LogP contribution < -0.4 is 10.5 Å². The molecule has 4 aromatic rings. The van der Waals surface area contributed by atoms with Crippen molar-refractivity contribution in [3.8, 4) is 0 Å². The average molecular weight is 544 g/mol. The lowest BCUT2D eigenvalue weighted by Gasteiger charge is -2.50. The molecule has 0 saturated carbocycles. The van der Waals surface area contributed by atoms with Crippen LogP contribution in [0.5, 0.6) is 0 Å². The molecular formula is C32H35F2N5O. The third kappa shape index (κ3) is 6.21. The summed E-state index contributed by atoms with van der Waals surface area (Å²) < 4.78 is 26.9. The average Bonchev–Trinajstić information content (AvgIpc) is 2.95. The fourth-order valence-corrected chi connectivity index (χ4v) is 5.34. The lowest BCUT2D eigenvalue weighted by Crippen LogP contribution is -2.59. The van der Waals surface area contributed by atoms with Gasteiger partial charge in [-0.1, -0.05) is 50.8 Å². The molecule has 40 heavy (non-hydrogen) atoms. The van der Waals surface area contributed by atoms with E-state index in [0.717, 1.165) is 29.9 Å². The molecule has 2 aromatic carbocycles. The highest BCUT2D eigenvalue weighted by molar-refractivity contribution is 5.89. The molecule has 5 rings (SSSR count). The summed E-state index contributed by atoms with van der Waals surface area (Å²) in [6.45, 7) is 17.6. The summed E-state index contributed by atoms with van der Waals surface area (Å²) in [5.41, 5.74) is 3.19. The molecule has 0 N–H and O–H groups in total. The maximum atomic E-state index is 13.4. The molecule has 1 aliphatic heterocycles. The second kappa shape index (κ2) is 12.4. The summed E-state index contributed by atoms with van der Waals surface area (Å²) >= 11 is 0. The second-order valence-electron chi connectivity index (χ2n) is 10.6. The Labute approximate surface area is 234 Å². The van der Waals surface area contributed by atoms with Crippen LogP contribution in [0.3, 0.4) is 0 Å². The highest BCUT2D eigenvalue weighted by Gasteiger charge is 2.37. The summed E-state index contributed by atoms with van der Waals surface area (Å²) in [6, 6.07) is 20.3. The number of benzene rings is 2. The van der Waals surface area contributed by atoms with Crippen LogP contribution in [0.1, 0.15) is 39.3 Å². The number of piperazine rings is 1. The van der Waals surface area contributed by atoms with Crippen molar-refractivity contribution >= 4 is 22.5 Å². The Morgan fingerprint density at radius 3 is 2.17 bits per heavy atom. The van der Waals surface area contributed by atoms with Gasteiger partial charge in [-0.05, 0) is 61.7 Å². The summed E-state index contributed by atoms with van der Waals surface area (Å²) in [7, 11) is 1.73.